The van der Waals surface area contributed by atoms with E-state index in [0.717, 1.165) is 37.0 Å². The minimum Gasteiger partial charge on any atom is -0.288 e. The van der Waals surface area contributed by atoms with E-state index in [0.29, 0.717) is 5.56 Å². The zero-order chi connectivity index (χ0) is 15.4. The number of aryl methyl sites for hydroxylation is 1. The molecule has 0 atom stereocenters. The summed E-state index contributed by atoms with van der Waals surface area (Å²) in [5.74, 6) is -2.17. The van der Waals surface area contributed by atoms with Crippen LogP contribution in [0.25, 0.3) is 0 Å². The van der Waals surface area contributed by atoms with Crippen molar-refractivity contribution in [3.8, 4) is 0 Å². The molecule has 0 unspecified atom stereocenters. The number of ketones is 1. The van der Waals surface area contributed by atoms with Gasteiger partial charge >= 0.3 is 0 Å². The lowest BCUT2D eigenvalue weighted by Crippen LogP contribution is -2.05. The van der Waals surface area contributed by atoms with Gasteiger partial charge in [-0.1, -0.05) is 49.2 Å². The van der Waals surface area contributed by atoms with Gasteiger partial charge in [-0.25, -0.2) is 8.78 Å². The molecule has 0 saturated heterocycles. The van der Waals surface area contributed by atoms with Crippen LogP contribution in [0.4, 0.5) is 8.78 Å². The lowest BCUT2D eigenvalue weighted by Gasteiger charge is -2.06. The monoisotopic (exact) mass is 308 g/mol. The second kappa shape index (κ2) is 6.81. The molecule has 0 aromatic heterocycles. The van der Waals surface area contributed by atoms with Crippen LogP contribution in [0, 0.1) is 11.6 Å². The fourth-order valence-electron chi connectivity index (χ4n) is 2.06. The quantitative estimate of drug-likeness (QED) is 0.548. The summed E-state index contributed by atoms with van der Waals surface area (Å²) in [6.45, 7) is 2.11. The van der Waals surface area contributed by atoms with E-state index < -0.39 is 17.4 Å². The van der Waals surface area contributed by atoms with Crippen molar-refractivity contribution in [1.82, 2.24) is 0 Å². The zero-order valence-corrected chi connectivity index (χ0v) is 12.4. The third kappa shape index (κ3) is 3.67. The maximum atomic E-state index is 13.7. The van der Waals surface area contributed by atoms with Crippen LogP contribution in [0.3, 0.4) is 0 Å². The van der Waals surface area contributed by atoms with Gasteiger partial charge in [0, 0.05) is 5.56 Å². The van der Waals surface area contributed by atoms with E-state index in [1.54, 1.807) is 12.1 Å². The Kier molecular flexibility index (Phi) is 5.07. The second-order valence-corrected chi connectivity index (χ2v) is 5.28. The van der Waals surface area contributed by atoms with Crippen molar-refractivity contribution in [2.75, 3.05) is 0 Å². The van der Waals surface area contributed by atoms with Crippen LogP contribution in [-0.2, 0) is 6.42 Å². The van der Waals surface area contributed by atoms with Crippen LogP contribution >= 0.6 is 11.6 Å². The summed E-state index contributed by atoms with van der Waals surface area (Å²) >= 11 is 5.48. The number of hydrogen-bond acceptors (Lipinski definition) is 1. The molecular formula is C17H15ClF2O. The van der Waals surface area contributed by atoms with Crippen molar-refractivity contribution in [3.05, 3.63) is 69.7 Å². The van der Waals surface area contributed by atoms with Crippen molar-refractivity contribution >= 4 is 17.4 Å². The number of hydrogen-bond donors (Lipinski definition) is 0. The van der Waals surface area contributed by atoms with Crippen molar-refractivity contribution in [3.63, 3.8) is 0 Å². The van der Waals surface area contributed by atoms with E-state index in [1.807, 2.05) is 12.1 Å². The first-order valence-electron chi connectivity index (χ1n) is 6.81. The van der Waals surface area contributed by atoms with Gasteiger partial charge in [-0.3, -0.25) is 4.79 Å². The predicted molar refractivity (Wildman–Crippen MR) is 79.9 cm³/mol. The average Bonchev–Trinajstić information content (AvgIpc) is 2.48. The van der Waals surface area contributed by atoms with Crippen molar-refractivity contribution in [1.29, 1.82) is 0 Å². The van der Waals surface area contributed by atoms with Gasteiger partial charge in [0.05, 0.1) is 10.6 Å². The minimum atomic E-state index is -0.818. The first-order chi connectivity index (χ1) is 10.0. The molecule has 0 bridgehead atoms. The molecule has 0 N–H and O–H groups in total. The minimum absolute atomic E-state index is 0.307. The summed E-state index contributed by atoms with van der Waals surface area (Å²) in [6.07, 6.45) is 3.11. The molecule has 0 fully saturated rings. The lowest BCUT2D eigenvalue weighted by atomic mass is 10.00. The van der Waals surface area contributed by atoms with E-state index >= 15 is 0 Å². The Hall–Kier alpha value is -1.74. The molecule has 2 aromatic carbocycles. The number of halogens is 3. The summed E-state index contributed by atoms with van der Waals surface area (Å²) in [6, 6.07) is 8.61. The molecule has 21 heavy (non-hydrogen) atoms. The molecule has 0 amide bonds. The highest BCUT2D eigenvalue weighted by molar-refractivity contribution is 6.30. The molecule has 0 heterocycles. The Morgan fingerprint density at radius 3 is 2.38 bits per heavy atom. The smallest absolute Gasteiger partial charge is 0.196 e. The summed E-state index contributed by atoms with van der Waals surface area (Å²) in [7, 11) is 0. The molecule has 2 aromatic rings. The Labute approximate surface area is 127 Å². The first-order valence-corrected chi connectivity index (χ1v) is 7.19. The molecule has 0 aliphatic heterocycles. The van der Waals surface area contributed by atoms with Crippen LogP contribution in [0.15, 0.2) is 36.4 Å². The number of carbonyl (C=O) groups excluding carboxylic acids is 1. The highest BCUT2D eigenvalue weighted by Crippen LogP contribution is 2.22. The van der Waals surface area contributed by atoms with Crippen molar-refractivity contribution < 1.29 is 13.6 Å². The molecule has 0 spiro atoms. The van der Waals surface area contributed by atoms with Crippen LogP contribution in [0.5, 0.6) is 0 Å². The highest BCUT2D eigenvalue weighted by atomic mass is 35.5. The summed E-state index contributed by atoms with van der Waals surface area (Å²) in [5.41, 5.74) is 1.14. The third-order valence-electron chi connectivity index (χ3n) is 3.29. The zero-order valence-electron chi connectivity index (χ0n) is 11.6. The molecular weight excluding hydrogens is 294 g/mol. The Balaban J connectivity index is 2.26. The van der Waals surface area contributed by atoms with Gasteiger partial charge in [-0.05, 0) is 30.5 Å². The Morgan fingerprint density at radius 2 is 1.76 bits per heavy atom. The van der Waals surface area contributed by atoms with Gasteiger partial charge in [0.1, 0.15) is 11.6 Å². The molecule has 110 valence electrons. The van der Waals surface area contributed by atoms with Crippen molar-refractivity contribution in [2.24, 2.45) is 0 Å². The van der Waals surface area contributed by atoms with Crippen molar-refractivity contribution in [2.45, 2.75) is 26.2 Å². The lowest BCUT2D eigenvalue weighted by molar-refractivity contribution is 0.103. The molecule has 2 rings (SSSR count). The molecule has 1 nitrogen and oxygen atoms in total. The fraction of sp³-hybridized carbons (Fsp3) is 0.235. The summed E-state index contributed by atoms with van der Waals surface area (Å²) < 4.78 is 27.1. The number of benzene rings is 2. The number of carbonyl (C=O) groups is 1. The van der Waals surface area contributed by atoms with Gasteiger partial charge in [0.25, 0.3) is 0 Å². The van der Waals surface area contributed by atoms with Gasteiger partial charge in [-0.2, -0.15) is 0 Å². The fourth-order valence-corrected chi connectivity index (χ4v) is 2.21. The van der Waals surface area contributed by atoms with Gasteiger partial charge in [0.2, 0.25) is 0 Å². The van der Waals surface area contributed by atoms with E-state index in [9.17, 15) is 13.6 Å². The molecule has 0 aliphatic carbocycles. The van der Waals surface area contributed by atoms with E-state index in [4.69, 9.17) is 11.6 Å². The number of unbranched alkanes of at least 4 members (excludes halogenated alkanes) is 1. The maximum Gasteiger partial charge on any atom is 0.196 e. The SMILES string of the molecule is CCCCc1ccc(C(=O)c2cc(F)c(Cl)cc2F)cc1. The summed E-state index contributed by atoms with van der Waals surface area (Å²) in [5, 5.41) is -0.334. The normalized spacial score (nSPS) is 10.7. The van der Waals surface area contributed by atoms with Crippen LogP contribution < -0.4 is 0 Å². The van der Waals surface area contributed by atoms with E-state index in [1.165, 1.54) is 0 Å². The molecule has 0 saturated carbocycles. The Morgan fingerprint density at radius 1 is 1.10 bits per heavy atom. The average molecular weight is 309 g/mol. The second-order valence-electron chi connectivity index (χ2n) is 4.88. The largest absolute Gasteiger partial charge is 0.288 e. The van der Waals surface area contributed by atoms with Gasteiger partial charge in [0.15, 0.2) is 5.78 Å². The van der Waals surface area contributed by atoms with Crippen LogP contribution in [0.1, 0.15) is 41.3 Å². The predicted octanol–water partition coefficient (Wildman–Crippen LogP) is 5.19. The van der Waals surface area contributed by atoms with E-state index in [2.05, 4.69) is 6.92 Å². The topological polar surface area (TPSA) is 17.1 Å². The molecule has 0 radical (unpaired) electrons. The summed E-state index contributed by atoms with van der Waals surface area (Å²) in [4.78, 5) is 12.2. The molecule has 0 aliphatic rings. The van der Waals surface area contributed by atoms with E-state index in [-0.39, 0.29) is 10.6 Å². The van der Waals surface area contributed by atoms with Crippen LogP contribution in [0.2, 0.25) is 5.02 Å². The number of rotatable bonds is 5. The third-order valence-corrected chi connectivity index (χ3v) is 3.58. The van der Waals surface area contributed by atoms with Gasteiger partial charge < -0.3 is 0 Å². The Bertz CT molecular complexity index is 651. The van der Waals surface area contributed by atoms with Gasteiger partial charge in [-0.15, -0.1) is 0 Å². The van der Waals surface area contributed by atoms with Crippen LogP contribution in [-0.4, -0.2) is 5.78 Å². The highest BCUT2D eigenvalue weighted by Gasteiger charge is 2.17. The standard InChI is InChI=1S/C17H15ClF2O/c1-2-3-4-11-5-7-12(8-6-11)17(21)13-9-16(20)14(18)10-15(13)19/h5-10H,2-4H2,1H3. The molecule has 4 heteroatoms. The maximum absolute atomic E-state index is 13.7. The first kappa shape index (κ1) is 15.6.